The molecular formula is C22H22N2. The second kappa shape index (κ2) is 6.26. The molecule has 2 aromatic carbocycles. The molecule has 0 aliphatic carbocycles. The highest BCUT2D eigenvalue weighted by atomic mass is 15.2. The Kier molecular flexibility index (Phi) is 3.96. The molecule has 0 amide bonds. The van der Waals surface area contributed by atoms with Crippen LogP contribution < -0.4 is 0 Å². The van der Waals surface area contributed by atoms with Crippen molar-refractivity contribution in [2.45, 2.75) is 44.8 Å². The van der Waals surface area contributed by atoms with Crippen molar-refractivity contribution in [3.8, 4) is 6.07 Å². The van der Waals surface area contributed by atoms with Crippen molar-refractivity contribution < 1.29 is 0 Å². The first-order valence-corrected chi connectivity index (χ1v) is 8.76. The zero-order valence-electron chi connectivity index (χ0n) is 14.1. The molecule has 0 N–H and O–H groups in total. The summed E-state index contributed by atoms with van der Waals surface area (Å²) in [4.78, 5) is 2.64. The van der Waals surface area contributed by atoms with Gasteiger partial charge in [-0.05, 0) is 54.5 Å². The number of hydrogen-bond acceptors (Lipinski definition) is 2. The molecule has 2 atom stereocenters. The zero-order valence-corrected chi connectivity index (χ0v) is 14.1. The summed E-state index contributed by atoms with van der Waals surface area (Å²) in [6.45, 7) is 3.15. The molecule has 0 spiro atoms. The van der Waals surface area contributed by atoms with Crippen LogP contribution in [0.4, 0.5) is 0 Å². The van der Waals surface area contributed by atoms with Crippen molar-refractivity contribution in [1.29, 1.82) is 5.26 Å². The zero-order chi connectivity index (χ0) is 16.5. The molecule has 0 saturated carbocycles. The van der Waals surface area contributed by atoms with E-state index in [1.165, 1.54) is 35.1 Å². The van der Waals surface area contributed by atoms with Crippen molar-refractivity contribution in [2.75, 3.05) is 0 Å². The van der Waals surface area contributed by atoms with E-state index in [0.29, 0.717) is 12.1 Å². The fourth-order valence-electron chi connectivity index (χ4n) is 4.33. The van der Waals surface area contributed by atoms with Crippen LogP contribution in [0.25, 0.3) is 5.57 Å². The van der Waals surface area contributed by atoms with Gasteiger partial charge in [0.1, 0.15) is 0 Å². The molecule has 4 rings (SSSR count). The average molecular weight is 314 g/mol. The van der Waals surface area contributed by atoms with Gasteiger partial charge in [0.25, 0.3) is 0 Å². The van der Waals surface area contributed by atoms with Gasteiger partial charge in [0.05, 0.1) is 11.6 Å². The molecule has 2 unspecified atom stereocenters. The fraction of sp³-hybridized carbons (Fsp3) is 0.318. The first kappa shape index (κ1) is 15.2. The van der Waals surface area contributed by atoms with E-state index in [1.807, 2.05) is 12.1 Å². The molecule has 2 bridgehead atoms. The topological polar surface area (TPSA) is 27.0 Å². The van der Waals surface area contributed by atoms with Crippen LogP contribution in [-0.4, -0.2) is 17.0 Å². The Bertz CT molecular complexity index is 814. The monoisotopic (exact) mass is 314 g/mol. The summed E-state index contributed by atoms with van der Waals surface area (Å²) in [6.07, 6.45) is 5.97. The second-order valence-electron chi connectivity index (χ2n) is 6.96. The van der Waals surface area contributed by atoms with Crippen molar-refractivity contribution >= 4 is 5.57 Å². The van der Waals surface area contributed by atoms with Crippen LogP contribution in [0.1, 0.15) is 41.5 Å². The molecule has 24 heavy (non-hydrogen) atoms. The Morgan fingerprint density at radius 3 is 2.67 bits per heavy atom. The van der Waals surface area contributed by atoms with Gasteiger partial charge in [-0.2, -0.15) is 5.26 Å². The number of fused-ring (bicyclic) bond motifs is 2. The van der Waals surface area contributed by atoms with Crippen LogP contribution in [0.3, 0.4) is 0 Å². The van der Waals surface area contributed by atoms with E-state index in [9.17, 15) is 5.26 Å². The van der Waals surface area contributed by atoms with Gasteiger partial charge in [0.15, 0.2) is 0 Å². The van der Waals surface area contributed by atoms with Gasteiger partial charge in [-0.3, -0.25) is 4.90 Å². The summed E-state index contributed by atoms with van der Waals surface area (Å²) < 4.78 is 0. The molecular weight excluding hydrogens is 292 g/mol. The van der Waals surface area contributed by atoms with Crippen LogP contribution in [-0.2, 0) is 6.54 Å². The molecule has 1 fully saturated rings. The van der Waals surface area contributed by atoms with E-state index in [2.05, 4.69) is 60.4 Å². The van der Waals surface area contributed by atoms with Crippen molar-refractivity contribution in [3.63, 3.8) is 0 Å². The molecule has 2 heterocycles. The number of rotatable bonds is 3. The molecule has 0 aromatic heterocycles. The lowest BCUT2D eigenvalue weighted by Crippen LogP contribution is -2.37. The highest BCUT2D eigenvalue weighted by Crippen LogP contribution is 2.40. The lowest BCUT2D eigenvalue weighted by Gasteiger charge is -2.34. The molecule has 1 saturated heterocycles. The molecule has 2 aliphatic heterocycles. The molecule has 2 aliphatic rings. The Morgan fingerprint density at radius 1 is 1.08 bits per heavy atom. The summed E-state index contributed by atoms with van der Waals surface area (Å²) in [6, 6.07) is 20.3. The van der Waals surface area contributed by atoms with Crippen LogP contribution in [0.15, 0.2) is 54.6 Å². The third kappa shape index (κ3) is 2.66. The van der Waals surface area contributed by atoms with Crippen LogP contribution in [0.2, 0.25) is 0 Å². The number of benzene rings is 2. The van der Waals surface area contributed by atoms with Gasteiger partial charge < -0.3 is 0 Å². The molecule has 2 heteroatoms. The van der Waals surface area contributed by atoms with E-state index in [4.69, 9.17) is 0 Å². The minimum Gasteiger partial charge on any atom is -0.289 e. The maximum absolute atomic E-state index is 9.48. The fourth-order valence-corrected chi connectivity index (χ4v) is 4.33. The molecule has 2 nitrogen and oxygen atoms in total. The normalized spacial score (nSPS) is 22.9. The quantitative estimate of drug-likeness (QED) is 0.822. The second-order valence-corrected chi connectivity index (χ2v) is 6.96. The Hall–Kier alpha value is -2.37. The number of nitriles is 1. The van der Waals surface area contributed by atoms with Gasteiger partial charge in [-0.15, -0.1) is 0 Å². The predicted octanol–water partition coefficient (Wildman–Crippen LogP) is 4.69. The van der Waals surface area contributed by atoms with Crippen LogP contribution in [0.5, 0.6) is 0 Å². The van der Waals surface area contributed by atoms with E-state index >= 15 is 0 Å². The van der Waals surface area contributed by atoms with Crippen LogP contribution >= 0.6 is 0 Å². The van der Waals surface area contributed by atoms with Gasteiger partial charge in [0, 0.05) is 18.6 Å². The van der Waals surface area contributed by atoms with E-state index in [1.54, 1.807) is 0 Å². The van der Waals surface area contributed by atoms with Gasteiger partial charge >= 0.3 is 0 Å². The van der Waals surface area contributed by atoms with Crippen LogP contribution in [0, 0.1) is 18.3 Å². The smallest absolute Gasteiger partial charge is 0.0998 e. The van der Waals surface area contributed by atoms with E-state index < -0.39 is 0 Å². The third-order valence-electron chi connectivity index (χ3n) is 5.46. The first-order chi connectivity index (χ1) is 11.8. The van der Waals surface area contributed by atoms with Gasteiger partial charge in [0.2, 0.25) is 0 Å². The largest absolute Gasteiger partial charge is 0.289 e. The highest BCUT2D eigenvalue weighted by Gasteiger charge is 2.37. The van der Waals surface area contributed by atoms with Gasteiger partial charge in [-0.25, -0.2) is 0 Å². The molecule has 2 aromatic rings. The lowest BCUT2D eigenvalue weighted by atomic mass is 9.88. The van der Waals surface area contributed by atoms with Crippen molar-refractivity contribution in [1.82, 2.24) is 4.90 Å². The first-order valence-electron chi connectivity index (χ1n) is 8.76. The van der Waals surface area contributed by atoms with E-state index in [0.717, 1.165) is 18.5 Å². The minimum absolute atomic E-state index is 0.505. The summed E-state index contributed by atoms with van der Waals surface area (Å²) >= 11 is 0. The SMILES string of the molecule is Cc1cccc(C#N)c1C1=CC2CCC(C1)N2Cc1ccccc1. The maximum Gasteiger partial charge on any atom is 0.0998 e. The standard InChI is InChI=1S/C22H22N2/c1-16-6-5-9-18(14-23)22(16)19-12-20-10-11-21(13-19)24(20)15-17-7-3-2-4-8-17/h2-9,12,20-21H,10-11,13,15H2,1H3. The summed E-state index contributed by atoms with van der Waals surface area (Å²) in [5.41, 5.74) is 5.98. The summed E-state index contributed by atoms with van der Waals surface area (Å²) in [5, 5.41) is 9.48. The maximum atomic E-state index is 9.48. The number of aryl methyl sites for hydroxylation is 1. The van der Waals surface area contributed by atoms with Crippen molar-refractivity contribution in [3.05, 3.63) is 76.9 Å². The Morgan fingerprint density at radius 2 is 1.92 bits per heavy atom. The molecule has 120 valence electrons. The summed E-state index contributed by atoms with van der Waals surface area (Å²) in [5.74, 6) is 0. The Labute approximate surface area is 144 Å². The van der Waals surface area contributed by atoms with Crippen molar-refractivity contribution in [2.24, 2.45) is 0 Å². The van der Waals surface area contributed by atoms with Gasteiger partial charge in [-0.1, -0.05) is 48.5 Å². The number of hydrogen-bond donors (Lipinski definition) is 0. The lowest BCUT2D eigenvalue weighted by molar-refractivity contribution is 0.203. The highest BCUT2D eigenvalue weighted by molar-refractivity contribution is 5.74. The summed E-state index contributed by atoms with van der Waals surface area (Å²) in [7, 11) is 0. The molecule has 0 radical (unpaired) electrons. The number of nitrogens with zero attached hydrogens (tertiary/aromatic N) is 2. The Balaban J connectivity index is 1.64. The average Bonchev–Trinajstić information content (AvgIpc) is 2.84. The van der Waals surface area contributed by atoms with E-state index in [-0.39, 0.29) is 0 Å². The third-order valence-corrected chi connectivity index (χ3v) is 5.46. The predicted molar refractivity (Wildman–Crippen MR) is 97.3 cm³/mol. The minimum atomic E-state index is 0.505.